The molecule has 0 saturated carbocycles. The van der Waals surface area contributed by atoms with E-state index in [4.69, 9.17) is 0 Å². The Hall–Kier alpha value is -3.63. The maximum absolute atomic E-state index is 13.1. The van der Waals surface area contributed by atoms with Crippen LogP contribution in [0.5, 0.6) is 0 Å². The summed E-state index contributed by atoms with van der Waals surface area (Å²) in [5, 5.41) is 5.47. The second-order valence-electron chi connectivity index (χ2n) is 8.71. The Kier molecular flexibility index (Phi) is 7.75. The Morgan fingerprint density at radius 3 is 2.15 bits per heavy atom. The molecule has 3 rings (SSSR count). The van der Waals surface area contributed by atoms with E-state index in [-0.39, 0.29) is 16.9 Å². The van der Waals surface area contributed by atoms with Crippen LogP contribution >= 0.6 is 0 Å². The topological polar surface area (TPSA) is 130 Å². The highest BCUT2D eigenvalue weighted by atomic mass is 32.2. The number of carbonyl (C=O) groups is 2. The molecule has 2 amide bonds. The molecule has 0 aliphatic rings. The summed E-state index contributed by atoms with van der Waals surface area (Å²) in [5.74, 6) is -0.927. The van der Waals surface area contributed by atoms with Gasteiger partial charge in [-0.05, 0) is 50.6 Å². The van der Waals surface area contributed by atoms with Gasteiger partial charge in [-0.3, -0.25) is 9.59 Å². The molecular weight excluding hydrogens is 454 g/mol. The van der Waals surface area contributed by atoms with Gasteiger partial charge in [-0.15, -0.1) is 0 Å². The first-order valence-corrected chi connectivity index (χ1v) is 12.1. The van der Waals surface area contributed by atoms with Crippen molar-refractivity contribution in [3.05, 3.63) is 84.4 Å². The van der Waals surface area contributed by atoms with Crippen molar-refractivity contribution in [3.63, 3.8) is 0 Å². The highest BCUT2D eigenvalue weighted by Gasteiger charge is 2.24. The van der Waals surface area contributed by atoms with E-state index in [0.717, 1.165) is 5.56 Å². The standard InChI is InChI=1S/C24H27N5O4S/c1-24(2,3)29-34(32,33)20-11-9-19(10-12-20)27-23(31)21(13-17-7-5-4-6-8-17)28-22(30)18-14-25-16-26-15-18/h4-12,14-16,21,29H,13H2,1-3H3,(H,27,31)(H,28,30)/t21-/m0/s1. The van der Waals surface area contributed by atoms with Gasteiger partial charge in [0.2, 0.25) is 15.9 Å². The summed E-state index contributed by atoms with van der Waals surface area (Å²) in [6, 6.07) is 14.2. The summed E-state index contributed by atoms with van der Waals surface area (Å²) in [6.07, 6.45) is 4.30. The largest absolute Gasteiger partial charge is 0.340 e. The van der Waals surface area contributed by atoms with Crippen LogP contribution in [-0.2, 0) is 21.2 Å². The van der Waals surface area contributed by atoms with Gasteiger partial charge in [0.1, 0.15) is 12.4 Å². The monoisotopic (exact) mass is 481 g/mol. The van der Waals surface area contributed by atoms with E-state index in [1.807, 2.05) is 30.3 Å². The normalized spacial score (nSPS) is 12.6. The van der Waals surface area contributed by atoms with E-state index < -0.39 is 33.4 Å². The van der Waals surface area contributed by atoms with Crippen LogP contribution in [0.25, 0.3) is 0 Å². The van der Waals surface area contributed by atoms with Gasteiger partial charge in [0.15, 0.2) is 0 Å². The van der Waals surface area contributed by atoms with Crippen LogP contribution in [0, 0.1) is 0 Å². The van der Waals surface area contributed by atoms with Gasteiger partial charge >= 0.3 is 0 Å². The zero-order chi connectivity index (χ0) is 24.8. The summed E-state index contributed by atoms with van der Waals surface area (Å²) < 4.78 is 27.6. The highest BCUT2D eigenvalue weighted by molar-refractivity contribution is 7.89. The first-order valence-electron chi connectivity index (χ1n) is 10.6. The van der Waals surface area contributed by atoms with Crippen LogP contribution < -0.4 is 15.4 Å². The average Bonchev–Trinajstić information content (AvgIpc) is 2.78. The second kappa shape index (κ2) is 10.5. The quantitative estimate of drug-likeness (QED) is 0.453. The van der Waals surface area contributed by atoms with Crippen molar-refractivity contribution in [1.29, 1.82) is 0 Å². The smallest absolute Gasteiger partial charge is 0.255 e. The van der Waals surface area contributed by atoms with E-state index in [0.29, 0.717) is 5.69 Å². The second-order valence-corrected chi connectivity index (χ2v) is 10.4. The first-order chi connectivity index (χ1) is 16.0. The molecule has 0 radical (unpaired) electrons. The van der Waals surface area contributed by atoms with Crippen molar-refractivity contribution in [2.45, 2.75) is 43.7 Å². The van der Waals surface area contributed by atoms with Gasteiger partial charge in [-0.1, -0.05) is 30.3 Å². The number of sulfonamides is 1. The SMILES string of the molecule is CC(C)(C)NS(=O)(=O)c1ccc(NC(=O)[C@H](Cc2ccccc2)NC(=O)c2cncnc2)cc1. The fourth-order valence-corrected chi connectivity index (χ4v) is 4.54. The number of amides is 2. The molecule has 178 valence electrons. The highest BCUT2D eigenvalue weighted by Crippen LogP contribution is 2.17. The maximum atomic E-state index is 13.1. The van der Waals surface area contributed by atoms with E-state index in [1.54, 1.807) is 20.8 Å². The molecule has 34 heavy (non-hydrogen) atoms. The fourth-order valence-electron chi connectivity index (χ4n) is 3.13. The van der Waals surface area contributed by atoms with Crippen molar-refractivity contribution in [1.82, 2.24) is 20.0 Å². The molecule has 0 bridgehead atoms. The first kappa shape index (κ1) is 25.0. The summed E-state index contributed by atoms with van der Waals surface area (Å²) in [7, 11) is -3.70. The lowest BCUT2D eigenvalue weighted by molar-refractivity contribution is -0.118. The zero-order valence-corrected chi connectivity index (χ0v) is 20.0. The number of hydrogen-bond acceptors (Lipinski definition) is 6. The molecule has 0 aliphatic heterocycles. The number of nitrogens with zero attached hydrogens (tertiary/aromatic N) is 2. The Balaban J connectivity index is 1.76. The van der Waals surface area contributed by atoms with Crippen LogP contribution in [0.2, 0.25) is 0 Å². The molecule has 3 aromatic rings. The average molecular weight is 482 g/mol. The Bertz CT molecular complexity index is 1230. The van der Waals surface area contributed by atoms with Crippen LogP contribution in [0.4, 0.5) is 5.69 Å². The van der Waals surface area contributed by atoms with E-state index in [9.17, 15) is 18.0 Å². The zero-order valence-electron chi connectivity index (χ0n) is 19.1. The Labute approximate surface area is 199 Å². The Morgan fingerprint density at radius 1 is 0.941 bits per heavy atom. The molecule has 9 nitrogen and oxygen atoms in total. The van der Waals surface area contributed by atoms with E-state index >= 15 is 0 Å². The molecule has 0 aliphatic carbocycles. The molecule has 0 saturated heterocycles. The van der Waals surface area contributed by atoms with E-state index in [1.165, 1.54) is 43.0 Å². The van der Waals surface area contributed by atoms with Crippen molar-refractivity contribution in [2.75, 3.05) is 5.32 Å². The van der Waals surface area contributed by atoms with E-state index in [2.05, 4.69) is 25.3 Å². The maximum Gasteiger partial charge on any atom is 0.255 e. The van der Waals surface area contributed by atoms with Crippen molar-refractivity contribution < 1.29 is 18.0 Å². The minimum absolute atomic E-state index is 0.0821. The minimum atomic E-state index is -3.70. The van der Waals surface area contributed by atoms with Gasteiger partial charge in [0.05, 0.1) is 10.5 Å². The molecule has 3 N–H and O–H groups in total. The van der Waals surface area contributed by atoms with Crippen LogP contribution in [0.1, 0.15) is 36.7 Å². The lowest BCUT2D eigenvalue weighted by Crippen LogP contribution is -2.45. The number of carbonyl (C=O) groups excluding carboxylic acids is 2. The molecule has 2 aromatic carbocycles. The number of nitrogens with one attached hydrogen (secondary N) is 3. The van der Waals surface area contributed by atoms with Gasteiger partial charge < -0.3 is 10.6 Å². The predicted molar refractivity (Wildman–Crippen MR) is 129 cm³/mol. The summed E-state index contributed by atoms with van der Waals surface area (Å²) in [6.45, 7) is 5.26. The van der Waals surface area contributed by atoms with Crippen LogP contribution in [0.3, 0.4) is 0 Å². The molecule has 0 spiro atoms. The minimum Gasteiger partial charge on any atom is -0.340 e. The molecule has 1 heterocycles. The number of hydrogen-bond donors (Lipinski definition) is 3. The number of rotatable bonds is 8. The van der Waals surface area contributed by atoms with Gasteiger partial charge in [-0.2, -0.15) is 0 Å². The third-order valence-electron chi connectivity index (χ3n) is 4.60. The molecule has 0 unspecified atom stereocenters. The lowest BCUT2D eigenvalue weighted by Gasteiger charge is -2.21. The number of aromatic nitrogens is 2. The van der Waals surface area contributed by atoms with Crippen molar-refractivity contribution in [2.24, 2.45) is 0 Å². The number of benzene rings is 2. The van der Waals surface area contributed by atoms with Gasteiger partial charge in [0.25, 0.3) is 5.91 Å². The lowest BCUT2D eigenvalue weighted by atomic mass is 10.0. The fraction of sp³-hybridized carbons (Fsp3) is 0.250. The molecule has 10 heteroatoms. The number of anilines is 1. The third-order valence-corrected chi connectivity index (χ3v) is 6.37. The summed E-state index contributed by atoms with van der Waals surface area (Å²) in [4.78, 5) is 33.4. The van der Waals surface area contributed by atoms with Crippen molar-refractivity contribution >= 4 is 27.5 Å². The van der Waals surface area contributed by atoms with Crippen LogP contribution in [0.15, 0.2) is 78.2 Å². The molecule has 0 fully saturated rings. The van der Waals surface area contributed by atoms with Crippen molar-refractivity contribution in [3.8, 4) is 0 Å². The summed E-state index contributed by atoms with van der Waals surface area (Å²) >= 11 is 0. The molecule has 1 aromatic heterocycles. The van der Waals surface area contributed by atoms with Gasteiger partial charge in [-0.25, -0.2) is 23.1 Å². The molecule has 1 atom stereocenters. The Morgan fingerprint density at radius 2 is 1.56 bits per heavy atom. The third kappa shape index (κ3) is 7.19. The molecular formula is C24H27N5O4S. The van der Waals surface area contributed by atoms with Crippen LogP contribution in [-0.4, -0.2) is 41.8 Å². The predicted octanol–water partition coefficient (Wildman–Crippen LogP) is 2.53. The summed E-state index contributed by atoms with van der Waals surface area (Å²) in [5.41, 5.74) is 0.865. The van der Waals surface area contributed by atoms with Gasteiger partial charge in [0, 0.05) is 30.0 Å².